The molecule has 4 nitrogen and oxygen atoms in total. The lowest BCUT2D eigenvalue weighted by Gasteiger charge is -2.08. The highest BCUT2D eigenvalue weighted by molar-refractivity contribution is 14.1. The van der Waals surface area contributed by atoms with E-state index in [1.54, 1.807) is 0 Å². The Bertz CT molecular complexity index is 501. The van der Waals surface area contributed by atoms with Crippen LogP contribution >= 0.6 is 34.2 Å². The highest BCUT2D eigenvalue weighted by atomic mass is 127. The van der Waals surface area contributed by atoms with Crippen molar-refractivity contribution in [2.75, 3.05) is 0 Å². The zero-order chi connectivity index (χ0) is 11.1. The molecule has 15 heavy (non-hydrogen) atoms. The van der Waals surface area contributed by atoms with Crippen LogP contribution in [0.5, 0.6) is 0 Å². The second-order valence-corrected chi connectivity index (χ2v) is 5.11. The Labute approximate surface area is 105 Å². The molecule has 1 aliphatic carbocycles. The van der Waals surface area contributed by atoms with E-state index in [9.17, 15) is 4.79 Å². The molecule has 78 valence electrons. The average molecular weight is 336 g/mol. The number of hydrogen-bond donors (Lipinski definition) is 0. The quantitative estimate of drug-likeness (QED) is 0.612. The largest absolute Gasteiger partial charge is 0.297 e. The maximum Gasteiger partial charge on any atom is 0.268 e. The van der Waals surface area contributed by atoms with Crippen LogP contribution < -0.4 is 5.56 Å². The van der Waals surface area contributed by atoms with Crippen LogP contribution in [0.25, 0.3) is 0 Å². The van der Waals surface area contributed by atoms with E-state index in [4.69, 9.17) is 16.9 Å². The zero-order valence-electron chi connectivity index (χ0n) is 7.70. The molecule has 0 N–H and O–H groups in total. The summed E-state index contributed by atoms with van der Waals surface area (Å²) in [5.41, 5.74) is -0.514. The van der Waals surface area contributed by atoms with E-state index in [2.05, 4.69) is 11.1 Å². The minimum absolute atomic E-state index is 0.169. The van der Waals surface area contributed by atoms with Gasteiger partial charge in [-0.3, -0.25) is 9.36 Å². The molecular formula is C9H7ClIN3O. The first-order chi connectivity index (χ1) is 7.08. The standard InChI is InChI=1S/C9H7ClIN3O/c10-7-6(11)8(15)14(5-13-7)4-9(3-12)1-2-9/h5H,1-2,4H2. The molecule has 1 heterocycles. The fourth-order valence-electron chi connectivity index (χ4n) is 1.34. The normalized spacial score (nSPS) is 17.1. The molecule has 0 unspecified atom stereocenters. The van der Waals surface area contributed by atoms with E-state index in [1.165, 1.54) is 10.9 Å². The van der Waals surface area contributed by atoms with E-state index in [-0.39, 0.29) is 16.1 Å². The maximum absolute atomic E-state index is 11.7. The summed E-state index contributed by atoms with van der Waals surface area (Å²) in [6.45, 7) is 0.419. The molecule has 0 radical (unpaired) electrons. The lowest BCUT2D eigenvalue weighted by atomic mass is 10.1. The summed E-state index contributed by atoms with van der Waals surface area (Å²) in [6, 6.07) is 2.24. The Morgan fingerprint density at radius 1 is 1.73 bits per heavy atom. The van der Waals surface area contributed by atoms with Crippen LogP contribution in [-0.4, -0.2) is 9.55 Å². The van der Waals surface area contributed by atoms with Gasteiger partial charge in [-0.15, -0.1) is 0 Å². The van der Waals surface area contributed by atoms with Crippen molar-refractivity contribution in [3.63, 3.8) is 0 Å². The van der Waals surface area contributed by atoms with Crippen molar-refractivity contribution >= 4 is 34.2 Å². The van der Waals surface area contributed by atoms with Crippen molar-refractivity contribution in [1.82, 2.24) is 9.55 Å². The minimum Gasteiger partial charge on any atom is -0.297 e. The molecule has 6 heteroatoms. The van der Waals surface area contributed by atoms with Crippen molar-refractivity contribution in [2.24, 2.45) is 5.41 Å². The molecule has 1 fully saturated rings. The maximum atomic E-state index is 11.7. The molecule has 0 atom stereocenters. The molecule has 0 spiro atoms. The molecule has 1 aromatic rings. The molecule has 0 bridgehead atoms. The fourth-order valence-corrected chi connectivity index (χ4v) is 1.91. The monoisotopic (exact) mass is 335 g/mol. The minimum atomic E-state index is -0.345. The third-order valence-corrected chi connectivity index (χ3v) is 4.08. The summed E-state index contributed by atoms with van der Waals surface area (Å²) in [5, 5.41) is 9.14. The Balaban J connectivity index is 2.35. The predicted octanol–water partition coefficient (Wildman–Crippen LogP) is 1.81. The second-order valence-electron chi connectivity index (χ2n) is 3.67. The number of halogens is 2. The molecule has 0 aromatic carbocycles. The van der Waals surface area contributed by atoms with Gasteiger partial charge in [0, 0.05) is 6.54 Å². The van der Waals surface area contributed by atoms with Crippen LogP contribution in [0.1, 0.15) is 12.8 Å². The van der Waals surface area contributed by atoms with Crippen LogP contribution in [0.2, 0.25) is 5.15 Å². The van der Waals surface area contributed by atoms with E-state index in [0.29, 0.717) is 10.1 Å². The molecule has 1 aliphatic rings. The van der Waals surface area contributed by atoms with Gasteiger partial charge in [-0.25, -0.2) is 4.98 Å². The first-order valence-corrected chi connectivity index (χ1v) is 5.85. The van der Waals surface area contributed by atoms with Crippen molar-refractivity contribution in [2.45, 2.75) is 19.4 Å². The molecule has 0 saturated heterocycles. The molecular weight excluding hydrogens is 328 g/mol. The van der Waals surface area contributed by atoms with E-state index in [0.717, 1.165) is 12.8 Å². The van der Waals surface area contributed by atoms with Crippen molar-refractivity contribution in [3.8, 4) is 6.07 Å². The number of nitrogens with zero attached hydrogens (tertiary/aromatic N) is 3. The summed E-state index contributed by atoms with van der Waals surface area (Å²) in [4.78, 5) is 15.6. The van der Waals surface area contributed by atoms with Crippen molar-refractivity contribution < 1.29 is 0 Å². The smallest absolute Gasteiger partial charge is 0.268 e. The van der Waals surface area contributed by atoms with Crippen LogP contribution in [-0.2, 0) is 6.54 Å². The molecule has 0 amide bonds. The highest BCUT2D eigenvalue weighted by Gasteiger charge is 2.43. The van der Waals surface area contributed by atoms with Gasteiger partial charge in [0.05, 0.1) is 17.8 Å². The van der Waals surface area contributed by atoms with Crippen molar-refractivity contribution in [3.05, 3.63) is 25.4 Å². The third-order valence-electron chi connectivity index (χ3n) is 2.50. The Morgan fingerprint density at radius 2 is 2.40 bits per heavy atom. The number of hydrogen-bond acceptors (Lipinski definition) is 3. The Kier molecular flexibility index (Phi) is 2.73. The number of aromatic nitrogens is 2. The van der Waals surface area contributed by atoms with Crippen LogP contribution in [0.15, 0.2) is 11.1 Å². The van der Waals surface area contributed by atoms with Gasteiger partial charge in [0.1, 0.15) is 8.72 Å². The zero-order valence-corrected chi connectivity index (χ0v) is 10.6. The van der Waals surface area contributed by atoms with Gasteiger partial charge in [-0.05, 0) is 35.4 Å². The summed E-state index contributed by atoms with van der Waals surface area (Å²) >= 11 is 7.58. The van der Waals surface area contributed by atoms with Crippen LogP contribution in [0, 0.1) is 20.3 Å². The lowest BCUT2D eigenvalue weighted by Crippen LogP contribution is -2.26. The SMILES string of the molecule is N#CC1(Cn2cnc(Cl)c(I)c2=O)CC1. The Hall–Kier alpha value is -0.610. The average Bonchev–Trinajstić information content (AvgIpc) is 3.00. The lowest BCUT2D eigenvalue weighted by molar-refractivity contribution is 0.507. The van der Waals surface area contributed by atoms with Gasteiger partial charge in [0.2, 0.25) is 0 Å². The third kappa shape index (κ3) is 2.01. The highest BCUT2D eigenvalue weighted by Crippen LogP contribution is 2.46. The van der Waals surface area contributed by atoms with Crippen LogP contribution in [0.4, 0.5) is 0 Å². The van der Waals surface area contributed by atoms with Gasteiger partial charge in [-0.2, -0.15) is 5.26 Å². The van der Waals surface area contributed by atoms with Gasteiger partial charge < -0.3 is 0 Å². The summed E-state index contributed by atoms with van der Waals surface area (Å²) in [7, 11) is 0. The predicted molar refractivity (Wildman–Crippen MR) is 63.5 cm³/mol. The first-order valence-electron chi connectivity index (χ1n) is 4.40. The van der Waals surface area contributed by atoms with Gasteiger partial charge >= 0.3 is 0 Å². The van der Waals surface area contributed by atoms with E-state index >= 15 is 0 Å². The fraction of sp³-hybridized carbons (Fsp3) is 0.444. The summed E-state index contributed by atoms with van der Waals surface area (Å²) in [6.07, 6.45) is 3.12. The molecule has 0 aliphatic heterocycles. The topological polar surface area (TPSA) is 58.7 Å². The molecule has 2 rings (SSSR count). The van der Waals surface area contributed by atoms with Gasteiger partial charge in [0.15, 0.2) is 0 Å². The van der Waals surface area contributed by atoms with Crippen molar-refractivity contribution in [1.29, 1.82) is 5.26 Å². The van der Waals surface area contributed by atoms with Gasteiger partial charge in [-0.1, -0.05) is 11.6 Å². The summed E-state index contributed by atoms with van der Waals surface area (Å²) < 4.78 is 1.87. The number of rotatable bonds is 2. The van der Waals surface area contributed by atoms with Gasteiger partial charge in [0.25, 0.3) is 5.56 Å². The first kappa shape index (κ1) is 10.9. The molecule has 1 aromatic heterocycles. The van der Waals surface area contributed by atoms with E-state index < -0.39 is 0 Å². The van der Waals surface area contributed by atoms with E-state index in [1.807, 2.05) is 22.6 Å². The Morgan fingerprint density at radius 3 is 2.93 bits per heavy atom. The summed E-state index contributed by atoms with van der Waals surface area (Å²) in [5.74, 6) is 0. The van der Waals surface area contributed by atoms with Crippen LogP contribution in [0.3, 0.4) is 0 Å². The second kappa shape index (κ2) is 3.76. The molecule has 1 saturated carbocycles. The number of nitriles is 1.